The average molecular weight is 387 g/mol. The number of hydrogen-bond acceptors (Lipinski definition) is 5. The van der Waals surface area contributed by atoms with Crippen molar-refractivity contribution >= 4 is 27.8 Å². The van der Waals surface area contributed by atoms with E-state index in [-0.39, 0.29) is 11.3 Å². The minimum Gasteiger partial charge on any atom is -0.507 e. The van der Waals surface area contributed by atoms with Gasteiger partial charge in [0.05, 0.1) is 30.0 Å². The van der Waals surface area contributed by atoms with Gasteiger partial charge in [0, 0.05) is 16.3 Å². The molecule has 1 aliphatic rings. The number of phenols is 1. The number of aromatic nitrogens is 3. The van der Waals surface area contributed by atoms with Crippen LogP contribution in [0.2, 0.25) is 0 Å². The molecule has 0 atom stereocenters. The van der Waals surface area contributed by atoms with E-state index in [4.69, 9.17) is 9.72 Å². The predicted octanol–water partition coefficient (Wildman–Crippen LogP) is 4.46. The first kappa shape index (κ1) is 17.7. The number of carbonyl (C=O) groups excluding carboxylic acids is 1. The van der Waals surface area contributed by atoms with Crippen molar-refractivity contribution in [2.24, 2.45) is 0 Å². The van der Waals surface area contributed by atoms with Gasteiger partial charge < -0.3 is 9.84 Å². The Bertz CT molecular complexity index is 1290. The molecule has 0 amide bonds. The maximum absolute atomic E-state index is 12.2. The number of ether oxygens (including phenoxy) is 1. The van der Waals surface area contributed by atoms with E-state index < -0.39 is 5.97 Å². The van der Waals surface area contributed by atoms with Crippen molar-refractivity contribution in [1.29, 1.82) is 0 Å². The minimum absolute atomic E-state index is 0.0460. The molecule has 2 N–H and O–H groups in total. The van der Waals surface area contributed by atoms with Crippen LogP contribution < -0.4 is 0 Å². The number of aromatic amines is 1. The zero-order chi connectivity index (χ0) is 20.1. The number of nitrogens with one attached hydrogen (secondary N) is 1. The van der Waals surface area contributed by atoms with Crippen molar-refractivity contribution in [2.45, 2.75) is 32.6 Å². The highest BCUT2D eigenvalue weighted by atomic mass is 16.5. The molecule has 0 radical (unpaired) electrons. The molecule has 0 saturated carbocycles. The largest absolute Gasteiger partial charge is 0.507 e. The Labute approximate surface area is 167 Å². The van der Waals surface area contributed by atoms with Crippen LogP contribution in [0.3, 0.4) is 0 Å². The molecule has 2 aromatic heterocycles. The molecule has 0 bridgehead atoms. The number of hydrogen-bond donors (Lipinski definition) is 2. The van der Waals surface area contributed by atoms with E-state index in [9.17, 15) is 9.90 Å². The van der Waals surface area contributed by atoms with Crippen molar-refractivity contribution in [3.8, 4) is 17.0 Å². The Morgan fingerprint density at radius 3 is 2.76 bits per heavy atom. The topological polar surface area (TPSA) is 88.1 Å². The van der Waals surface area contributed by atoms with Crippen molar-refractivity contribution in [3.63, 3.8) is 0 Å². The zero-order valence-electron chi connectivity index (χ0n) is 16.4. The molecule has 0 unspecified atom stereocenters. The van der Waals surface area contributed by atoms with Crippen molar-refractivity contribution in [1.82, 2.24) is 15.2 Å². The molecule has 0 saturated heterocycles. The highest BCUT2D eigenvalue weighted by Crippen LogP contribution is 2.39. The van der Waals surface area contributed by atoms with E-state index in [1.807, 2.05) is 24.4 Å². The van der Waals surface area contributed by atoms with Gasteiger partial charge in [-0.3, -0.25) is 5.10 Å². The smallest absolute Gasteiger partial charge is 0.341 e. The molecule has 0 aliphatic heterocycles. The fourth-order valence-electron chi connectivity index (χ4n) is 4.47. The number of H-pyrrole nitrogens is 1. The van der Waals surface area contributed by atoms with Gasteiger partial charge in [0.2, 0.25) is 0 Å². The summed E-state index contributed by atoms with van der Waals surface area (Å²) in [7, 11) is 1.32. The maximum atomic E-state index is 12.2. The number of aryl methyl sites for hydroxylation is 2. The van der Waals surface area contributed by atoms with Crippen molar-refractivity contribution in [3.05, 3.63) is 52.7 Å². The van der Waals surface area contributed by atoms with Gasteiger partial charge in [0.1, 0.15) is 11.3 Å². The maximum Gasteiger partial charge on any atom is 0.341 e. The van der Waals surface area contributed by atoms with Crippen LogP contribution in [0.1, 0.15) is 39.9 Å². The first-order valence-electron chi connectivity index (χ1n) is 9.78. The van der Waals surface area contributed by atoms with Crippen LogP contribution in [-0.4, -0.2) is 33.4 Å². The van der Waals surface area contributed by atoms with Gasteiger partial charge in [-0.05, 0) is 73.6 Å². The molecule has 5 rings (SSSR count). The number of benzene rings is 2. The van der Waals surface area contributed by atoms with E-state index in [1.165, 1.54) is 23.6 Å². The van der Waals surface area contributed by atoms with E-state index in [0.29, 0.717) is 5.56 Å². The van der Waals surface area contributed by atoms with E-state index in [1.54, 1.807) is 13.0 Å². The highest BCUT2D eigenvalue weighted by molar-refractivity contribution is 6.08. The molecule has 6 heteroatoms. The van der Waals surface area contributed by atoms with Gasteiger partial charge in [-0.2, -0.15) is 5.10 Å². The molecule has 4 aromatic rings. The lowest BCUT2D eigenvalue weighted by Gasteiger charge is -2.22. The van der Waals surface area contributed by atoms with Crippen LogP contribution in [0, 0.1) is 6.92 Å². The lowest BCUT2D eigenvalue weighted by Crippen LogP contribution is -2.09. The van der Waals surface area contributed by atoms with Gasteiger partial charge in [0.25, 0.3) is 0 Å². The third-order valence-electron chi connectivity index (χ3n) is 5.87. The van der Waals surface area contributed by atoms with Gasteiger partial charge in [-0.25, -0.2) is 9.78 Å². The second kappa shape index (κ2) is 6.58. The monoisotopic (exact) mass is 387 g/mol. The molecule has 2 aromatic carbocycles. The third-order valence-corrected chi connectivity index (χ3v) is 5.87. The summed E-state index contributed by atoms with van der Waals surface area (Å²) in [6, 6.07) is 7.59. The fraction of sp³-hybridized carbons (Fsp3) is 0.261. The van der Waals surface area contributed by atoms with Crippen LogP contribution in [0.15, 0.2) is 30.5 Å². The number of rotatable bonds is 2. The summed E-state index contributed by atoms with van der Waals surface area (Å²) < 4.78 is 4.86. The van der Waals surface area contributed by atoms with Crippen LogP contribution >= 0.6 is 0 Å². The molecule has 6 nitrogen and oxygen atoms in total. The molecule has 0 spiro atoms. The second-order valence-electron chi connectivity index (χ2n) is 7.60. The minimum atomic E-state index is -0.554. The van der Waals surface area contributed by atoms with E-state index >= 15 is 0 Å². The lowest BCUT2D eigenvalue weighted by atomic mass is 9.85. The van der Waals surface area contributed by atoms with Crippen LogP contribution in [-0.2, 0) is 17.6 Å². The summed E-state index contributed by atoms with van der Waals surface area (Å²) in [4.78, 5) is 17.2. The molecule has 29 heavy (non-hydrogen) atoms. The number of methoxy groups -OCH3 is 1. The Kier molecular flexibility index (Phi) is 4.01. The lowest BCUT2D eigenvalue weighted by molar-refractivity contribution is 0.0597. The van der Waals surface area contributed by atoms with E-state index in [0.717, 1.165) is 53.4 Å². The summed E-state index contributed by atoms with van der Waals surface area (Å²) >= 11 is 0. The van der Waals surface area contributed by atoms with Crippen LogP contribution in [0.4, 0.5) is 0 Å². The quantitative estimate of drug-likeness (QED) is 0.496. The molecule has 146 valence electrons. The first-order valence-corrected chi connectivity index (χ1v) is 9.78. The fourth-order valence-corrected chi connectivity index (χ4v) is 4.47. The van der Waals surface area contributed by atoms with Gasteiger partial charge >= 0.3 is 5.97 Å². The van der Waals surface area contributed by atoms with Gasteiger partial charge in [0.15, 0.2) is 0 Å². The van der Waals surface area contributed by atoms with Crippen LogP contribution in [0.5, 0.6) is 5.75 Å². The molecule has 0 fully saturated rings. The number of nitrogens with zero attached hydrogens (tertiary/aromatic N) is 2. The normalized spacial score (nSPS) is 13.6. The number of aromatic hydroxyl groups is 1. The molecular formula is C23H21N3O3. The number of phenolic OH excluding ortho intramolecular Hbond substituents is 1. The van der Waals surface area contributed by atoms with Crippen LogP contribution in [0.25, 0.3) is 33.1 Å². The number of esters is 1. The number of fused-ring (bicyclic) bond motifs is 5. The molecular weight excluding hydrogens is 366 g/mol. The zero-order valence-corrected chi connectivity index (χ0v) is 16.4. The Morgan fingerprint density at radius 1 is 1.17 bits per heavy atom. The Balaban J connectivity index is 1.84. The summed E-state index contributed by atoms with van der Waals surface area (Å²) in [5, 5.41) is 19.9. The predicted molar refractivity (Wildman–Crippen MR) is 111 cm³/mol. The number of pyridine rings is 1. The average Bonchev–Trinajstić information content (AvgIpc) is 3.23. The Morgan fingerprint density at radius 2 is 1.97 bits per heavy atom. The van der Waals surface area contributed by atoms with Crippen molar-refractivity contribution in [2.75, 3.05) is 7.11 Å². The third kappa shape index (κ3) is 2.67. The highest BCUT2D eigenvalue weighted by Gasteiger charge is 2.23. The van der Waals surface area contributed by atoms with Gasteiger partial charge in [-0.1, -0.05) is 0 Å². The van der Waals surface area contributed by atoms with Crippen molar-refractivity contribution < 1.29 is 14.6 Å². The first-order chi connectivity index (χ1) is 14.1. The SMILES string of the molecule is COC(=O)c1cc(-c2nc3ccc4[nH]ncc4c3c3c2CCCC3)cc(C)c1O. The summed E-state index contributed by atoms with van der Waals surface area (Å²) in [5.74, 6) is -0.599. The molecule has 2 heterocycles. The standard InChI is InChI=1S/C23H21N3O3/c1-12-9-13(10-16(22(12)27)23(28)29-2)21-15-6-4-3-5-14(15)20-17-11-24-26-18(17)7-8-19(20)25-21/h7-11,27H,3-6H2,1-2H3,(H,24,26). The summed E-state index contributed by atoms with van der Waals surface area (Å²) in [5.41, 5.74) is 6.95. The number of carbonyl (C=O) groups is 1. The van der Waals surface area contributed by atoms with E-state index in [2.05, 4.69) is 10.2 Å². The summed E-state index contributed by atoms with van der Waals surface area (Å²) in [6.45, 7) is 1.79. The van der Waals surface area contributed by atoms with Gasteiger partial charge in [-0.15, -0.1) is 0 Å². The second-order valence-corrected chi connectivity index (χ2v) is 7.60. The summed E-state index contributed by atoms with van der Waals surface area (Å²) in [6.07, 6.45) is 6.05. The Hall–Kier alpha value is -3.41. The molecule has 1 aliphatic carbocycles.